The molecule has 0 bridgehead atoms. The molecule has 0 aromatic heterocycles. The van der Waals surface area contributed by atoms with Crippen LogP contribution in [0.4, 0.5) is 11.4 Å². The summed E-state index contributed by atoms with van der Waals surface area (Å²) in [6, 6.07) is 13.6. The van der Waals surface area contributed by atoms with E-state index in [9.17, 15) is 9.59 Å². The summed E-state index contributed by atoms with van der Waals surface area (Å²) in [6.45, 7) is 5.62. The molecular weight excluding hydrogens is 276 g/mol. The Labute approximate surface area is 130 Å². The maximum atomic E-state index is 12.2. The van der Waals surface area contributed by atoms with Gasteiger partial charge in [0.05, 0.1) is 0 Å². The van der Waals surface area contributed by atoms with Gasteiger partial charge in [-0.15, -0.1) is 0 Å². The number of nitrogen functional groups attached to an aromatic ring is 1. The lowest BCUT2D eigenvalue weighted by atomic mass is 9.86. The van der Waals surface area contributed by atoms with E-state index in [0.29, 0.717) is 22.5 Å². The van der Waals surface area contributed by atoms with E-state index in [1.165, 1.54) is 0 Å². The minimum Gasteiger partial charge on any atom is -0.399 e. The van der Waals surface area contributed by atoms with Gasteiger partial charge in [-0.2, -0.15) is 0 Å². The normalized spacial score (nSPS) is 11.0. The first-order valence-electron chi connectivity index (χ1n) is 7.09. The van der Waals surface area contributed by atoms with Gasteiger partial charge in [0.2, 0.25) is 0 Å². The van der Waals surface area contributed by atoms with E-state index in [1.54, 1.807) is 48.5 Å². The highest BCUT2D eigenvalue weighted by Crippen LogP contribution is 2.21. The molecule has 0 aliphatic heterocycles. The molecule has 2 rings (SSSR count). The molecule has 0 saturated heterocycles. The molecule has 4 nitrogen and oxygen atoms in total. The molecule has 0 heterocycles. The third kappa shape index (κ3) is 3.73. The van der Waals surface area contributed by atoms with E-state index in [4.69, 9.17) is 5.73 Å². The molecule has 2 aromatic carbocycles. The van der Waals surface area contributed by atoms with Gasteiger partial charge in [-0.05, 0) is 36.4 Å². The highest BCUT2D eigenvalue weighted by Gasteiger charge is 2.22. The molecule has 0 saturated carbocycles. The Morgan fingerprint density at radius 1 is 0.864 bits per heavy atom. The summed E-state index contributed by atoms with van der Waals surface area (Å²) in [6.07, 6.45) is 0. The molecule has 114 valence electrons. The number of hydrogen-bond acceptors (Lipinski definition) is 3. The fourth-order valence-corrected chi connectivity index (χ4v) is 1.98. The van der Waals surface area contributed by atoms with Crippen LogP contribution in [0.2, 0.25) is 0 Å². The fraction of sp³-hybridized carbons (Fsp3) is 0.222. The number of nitrogens with one attached hydrogen (secondary N) is 1. The second-order valence-electron chi connectivity index (χ2n) is 6.23. The molecule has 22 heavy (non-hydrogen) atoms. The summed E-state index contributed by atoms with van der Waals surface area (Å²) in [5.41, 5.74) is 7.59. The third-order valence-corrected chi connectivity index (χ3v) is 3.26. The summed E-state index contributed by atoms with van der Waals surface area (Å²) in [4.78, 5) is 24.3. The molecule has 0 radical (unpaired) electrons. The number of hydrogen-bond donors (Lipinski definition) is 2. The zero-order valence-electron chi connectivity index (χ0n) is 13.0. The lowest BCUT2D eigenvalue weighted by Gasteiger charge is -2.16. The van der Waals surface area contributed by atoms with Gasteiger partial charge < -0.3 is 11.1 Å². The Morgan fingerprint density at radius 3 is 1.86 bits per heavy atom. The lowest BCUT2D eigenvalue weighted by molar-refractivity contribution is 0.0857. The number of benzene rings is 2. The molecule has 4 heteroatoms. The predicted octanol–water partition coefficient (Wildman–Crippen LogP) is 3.75. The molecule has 2 aromatic rings. The Bertz CT molecular complexity index is 681. The minimum atomic E-state index is -0.437. The number of anilines is 2. The van der Waals surface area contributed by atoms with Crippen molar-refractivity contribution in [1.29, 1.82) is 0 Å². The zero-order chi connectivity index (χ0) is 16.3. The average molecular weight is 296 g/mol. The van der Waals surface area contributed by atoms with Gasteiger partial charge in [0, 0.05) is 27.9 Å². The molecule has 0 fully saturated rings. The topological polar surface area (TPSA) is 72.2 Å². The van der Waals surface area contributed by atoms with E-state index >= 15 is 0 Å². The number of rotatable bonds is 3. The van der Waals surface area contributed by atoms with Gasteiger partial charge in [-0.1, -0.05) is 32.9 Å². The van der Waals surface area contributed by atoms with Crippen molar-refractivity contribution in [3.63, 3.8) is 0 Å². The van der Waals surface area contributed by atoms with Crippen LogP contribution in [0, 0.1) is 5.41 Å². The number of carbonyl (C=O) groups is 2. The smallest absolute Gasteiger partial charge is 0.255 e. The molecule has 1 amide bonds. The summed E-state index contributed by atoms with van der Waals surface area (Å²) in [5.74, 6) is -0.169. The number of carbonyl (C=O) groups excluding carboxylic acids is 2. The zero-order valence-corrected chi connectivity index (χ0v) is 13.0. The van der Waals surface area contributed by atoms with Gasteiger partial charge in [-0.25, -0.2) is 0 Å². The molecule has 0 spiro atoms. The third-order valence-electron chi connectivity index (χ3n) is 3.26. The summed E-state index contributed by atoms with van der Waals surface area (Å²) >= 11 is 0. The van der Waals surface area contributed by atoms with Crippen molar-refractivity contribution in [2.75, 3.05) is 11.1 Å². The van der Waals surface area contributed by atoms with Gasteiger partial charge >= 0.3 is 0 Å². The Hall–Kier alpha value is -2.62. The largest absolute Gasteiger partial charge is 0.399 e. The first-order chi connectivity index (χ1) is 10.3. The Kier molecular flexibility index (Phi) is 4.31. The molecule has 0 aliphatic rings. The number of amides is 1. The van der Waals surface area contributed by atoms with Crippen LogP contribution in [0.1, 0.15) is 41.5 Å². The summed E-state index contributed by atoms with van der Waals surface area (Å²) in [5, 5.41) is 2.78. The van der Waals surface area contributed by atoms with Crippen LogP contribution < -0.4 is 11.1 Å². The first kappa shape index (κ1) is 15.8. The molecule has 0 aliphatic carbocycles. The van der Waals surface area contributed by atoms with Crippen LogP contribution in [-0.2, 0) is 0 Å². The number of ketones is 1. The summed E-state index contributed by atoms with van der Waals surface area (Å²) in [7, 11) is 0. The van der Waals surface area contributed by atoms with E-state index in [-0.39, 0.29) is 11.7 Å². The monoisotopic (exact) mass is 296 g/mol. The van der Waals surface area contributed by atoms with E-state index < -0.39 is 5.41 Å². The van der Waals surface area contributed by atoms with E-state index in [1.807, 2.05) is 20.8 Å². The van der Waals surface area contributed by atoms with Gasteiger partial charge in [0.25, 0.3) is 5.91 Å². The maximum Gasteiger partial charge on any atom is 0.255 e. The van der Waals surface area contributed by atoms with Crippen molar-refractivity contribution >= 4 is 23.1 Å². The van der Waals surface area contributed by atoms with Crippen molar-refractivity contribution in [3.8, 4) is 0 Å². The van der Waals surface area contributed by atoms with Crippen LogP contribution in [0.15, 0.2) is 48.5 Å². The average Bonchev–Trinajstić information content (AvgIpc) is 2.48. The maximum absolute atomic E-state index is 12.2. The highest BCUT2D eigenvalue weighted by molar-refractivity contribution is 6.05. The van der Waals surface area contributed by atoms with Crippen molar-refractivity contribution in [1.82, 2.24) is 0 Å². The highest BCUT2D eigenvalue weighted by atomic mass is 16.1. The van der Waals surface area contributed by atoms with E-state index in [0.717, 1.165) is 0 Å². The standard InChI is InChI=1S/C18H20N2O2/c1-18(2,3)16(21)12-4-6-13(7-5-12)17(22)20-15-10-8-14(19)9-11-15/h4-11H,19H2,1-3H3,(H,20,22). The number of Topliss-reactive ketones (excluding diaryl/α,β-unsaturated/α-hetero) is 1. The van der Waals surface area contributed by atoms with Crippen LogP contribution in [-0.4, -0.2) is 11.7 Å². The molecule has 0 unspecified atom stereocenters. The Morgan fingerprint density at radius 2 is 1.36 bits per heavy atom. The molecular formula is C18H20N2O2. The van der Waals surface area contributed by atoms with Gasteiger partial charge in [0.1, 0.15) is 0 Å². The fourth-order valence-electron chi connectivity index (χ4n) is 1.98. The minimum absolute atomic E-state index is 0.0537. The van der Waals surface area contributed by atoms with Crippen molar-refractivity contribution < 1.29 is 9.59 Å². The first-order valence-corrected chi connectivity index (χ1v) is 7.09. The Balaban J connectivity index is 2.11. The van der Waals surface area contributed by atoms with Crippen LogP contribution in [0.25, 0.3) is 0 Å². The molecule has 3 N–H and O–H groups in total. The van der Waals surface area contributed by atoms with Crippen LogP contribution in [0.5, 0.6) is 0 Å². The predicted molar refractivity (Wildman–Crippen MR) is 89.0 cm³/mol. The van der Waals surface area contributed by atoms with Crippen LogP contribution >= 0.6 is 0 Å². The quantitative estimate of drug-likeness (QED) is 0.669. The number of nitrogens with two attached hydrogens (primary N) is 1. The summed E-state index contributed by atoms with van der Waals surface area (Å²) < 4.78 is 0. The van der Waals surface area contributed by atoms with Crippen molar-refractivity contribution in [3.05, 3.63) is 59.7 Å². The van der Waals surface area contributed by atoms with E-state index in [2.05, 4.69) is 5.32 Å². The second kappa shape index (κ2) is 6.02. The van der Waals surface area contributed by atoms with Gasteiger partial charge in [-0.3, -0.25) is 9.59 Å². The van der Waals surface area contributed by atoms with Gasteiger partial charge in [0.15, 0.2) is 5.78 Å². The van der Waals surface area contributed by atoms with Crippen LogP contribution in [0.3, 0.4) is 0 Å². The molecule has 0 atom stereocenters. The second-order valence-corrected chi connectivity index (χ2v) is 6.23. The van der Waals surface area contributed by atoms with Crippen molar-refractivity contribution in [2.45, 2.75) is 20.8 Å². The van der Waals surface area contributed by atoms with Crippen molar-refractivity contribution in [2.24, 2.45) is 5.41 Å². The lowest BCUT2D eigenvalue weighted by Crippen LogP contribution is -2.20. The SMILES string of the molecule is CC(C)(C)C(=O)c1ccc(C(=O)Nc2ccc(N)cc2)cc1.